The molecule has 0 heterocycles. The zero-order valence-corrected chi connectivity index (χ0v) is 10.7. The third-order valence-electron chi connectivity index (χ3n) is 3.61. The van der Waals surface area contributed by atoms with Crippen LogP contribution in [0.3, 0.4) is 0 Å². The van der Waals surface area contributed by atoms with Gasteiger partial charge in [0.05, 0.1) is 5.60 Å². The van der Waals surface area contributed by atoms with Crippen molar-refractivity contribution in [3.8, 4) is 0 Å². The molecule has 1 aromatic carbocycles. The van der Waals surface area contributed by atoms with Crippen LogP contribution in [-0.2, 0) is 0 Å². The minimum absolute atomic E-state index is 0.146. The van der Waals surface area contributed by atoms with Crippen molar-refractivity contribution >= 4 is 11.6 Å². The van der Waals surface area contributed by atoms with Gasteiger partial charge < -0.3 is 16.2 Å². The maximum atomic E-state index is 12.0. The molecule has 0 bridgehead atoms. The average molecular weight is 248 g/mol. The first-order valence-corrected chi connectivity index (χ1v) is 6.37. The highest BCUT2D eigenvalue weighted by molar-refractivity contribution is 5.96. The largest absolute Gasteiger partial charge is 0.399 e. The number of carbonyl (C=O) groups excluding carboxylic acids is 1. The monoisotopic (exact) mass is 248 g/mol. The molecule has 4 nitrogen and oxygen atoms in total. The third kappa shape index (κ3) is 2.82. The van der Waals surface area contributed by atoms with Gasteiger partial charge in [-0.3, -0.25) is 4.79 Å². The van der Waals surface area contributed by atoms with E-state index in [1.54, 1.807) is 18.2 Å². The second-order valence-electron chi connectivity index (χ2n) is 5.19. The lowest BCUT2D eigenvalue weighted by molar-refractivity contribution is 0.0449. The molecule has 0 saturated heterocycles. The number of carbonyl (C=O) groups is 1. The first kappa shape index (κ1) is 12.9. The van der Waals surface area contributed by atoms with Crippen molar-refractivity contribution in [3.63, 3.8) is 0 Å². The van der Waals surface area contributed by atoms with Crippen LogP contribution in [0.4, 0.5) is 5.69 Å². The third-order valence-corrected chi connectivity index (χ3v) is 3.61. The van der Waals surface area contributed by atoms with Crippen LogP contribution in [0.5, 0.6) is 0 Å². The van der Waals surface area contributed by atoms with Gasteiger partial charge in [-0.2, -0.15) is 0 Å². The molecule has 0 spiro atoms. The van der Waals surface area contributed by atoms with Crippen LogP contribution in [0, 0.1) is 6.92 Å². The van der Waals surface area contributed by atoms with Crippen molar-refractivity contribution in [1.29, 1.82) is 0 Å². The fourth-order valence-electron chi connectivity index (χ4n) is 2.49. The van der Waals surface area contributed by atoms with Crippen molar-refractivity contribution in [1.82, 2.24) is 5.32 Å². The van der Waals surface area contributed by atoms with E-state index in [0.717, 1.165) is 31.2 Å². The number of benzene rings is 1. The number of anilines is 1. The molecule has 0 aliphatic heterocycles. The quantitative estimate of drug-likeness (QED) is 0.711. The van der Waals surface area contributed by atoms with Gasteiger partial charge in [0.15, 0.2) is 0 Å². The van der Waals surface area contributed by atoms with Gasteiger partial charge in [0.1, 0.15) is 0 Å². The van der Waals surface area contributed by atoms with Crippen molar-refractivity contribution in [2.75, 3.05) is 12.3 Å². The standard InChI is InChI=1S/C14H20N2O2/c1-10-8-11(15)4-5-12(10)13(17)16-9-14(18)6-2-3-7-14/h4-5,8,18H,2-3,6-7,9,15H2,1H3,(H,16,17). The summed E-state index contributed by atoms with van der Waals surface area (Å²) in [6.07, 6.45) is 3.61. The topological polar surface area (TPSA) is 75.4 Å². The Kier molecular flexibility index (Phi) is 3.57. The second-order valence-corrected chi connectivity index (χ2v) is 5.19. The Morgan fingerprint density at radius 1 is 1.44 bits per heavy atom. The Balaban J connectivity index is 1.99. The molecule has 1 aromatic rings. The van der Waals surface area contributed by atoms with E-state index in [9.17, 15) is 9.90 Å². The van der Waals surface area contributed by atoms with Crippen molar-refractivity contribution in [2.24, 2.45) is 0 Å². The number of aryl methyl sites for hydroxylation is 1. The molecule has 1 fully saturated rings. The smallest absolute Gasteiger partial charge is 0.251 e. The summed E-state index contributed by atoms with van der Waals surface area (Å²) in [7, 11) is 0. The fraction of sp³-hybridized carbons (Fsp3) is 0.500. The Morgan fingerprint density at radius 3 is 2.72 bits per heavy atom. The molecule has 98 valence electrons. The van der Waals surface area contributed by atoms with E-state index in [-0.39, 0.29) is 5.91 Å². The molecule has 0 unspecified atom stereocenters. The van der Waals surface area contributed by atoms with Crippen LogP contribution in [0.15, 0.2) is 18.2 Å². The van der Waals surface area contributed by atoms with Gasteiger partial charge in [0.25, 0.3) is 5.91 Å². The highest BCUT2D eigenvalue weighted by atomic mass is 16.3. The summed E-state index contributed by atoms with van der Waals surface area (Å²) >= 11 is 0. The first-order chi connectivity index (χ1) is 8.50. The Morgan fingerprint density at radius 2 is 2.11 bits per heavy atom. The maximum Gasteiger partial charge on any atom is 0.251 e. The molecule has 18 heavy (non-hydrogen) atoms. The van der Waals surface area contributed by atoms with E-state index in [1.807, 2.05) is 6.92 Å². The predicted molar refractivity (Wildman–Crippen MR) is 71.3 cm³/mol. The minimum atomic E-state index is -0.711. The number of hydrogen-bond acceptors (Lipinski definition) is 3. The number of aliphatic hydroxyl groups is 1. The first-order valence-electron chi connectivity index (χ1n) is 6.37. The molecule has 1 amide bonds. The molecule has 0 aromatic heterocycles. The van der Waals surface area contributed by atoms with E-state index in [1.165, 1.54) is 0 Å². The Bertz CT molecular complexity index is 451. The number of nitrogens with one attached hydrogen (secondary N) is 1. The molecule has 0 radical (unpaired) electrons. The SMILES string of the molecule is Cc1cc(N)ccc1C(=O)NCC1(O)CCCC1. The number of hydrogen-bond donors (Lipinski definition) is 3. The van der Waals surface area contributed by atoms with Crippen molar-refractivity contribution in [2.45, 2.75) is 38.2 Å². The fourth-order valence-corrected chi connectivity index (χ4v) is 2.49. The average Bonchev–Trinajstić information content (AvgIpc) is 2.74. The van der Waals surface area contributed by atoms with Gasteiger partial charge in [-0.25, -0.2) is 0 Å². The molecular weight excluding hydrogens is 228 g/mol. The number of nitrogen functional groups attached to an aromatic ring is 1. The van der Waals surface area contributed by atoms with Gasteiger partial charge in [0, 0.05) is 17.8 Å². The maximum absolute atomic E-state index is 12.0. The summed E-state index contributed by atoms with van der Waals surface area (Å²) in [5, 5.41) is 13.0. The van der Waals surface area contributed by atoms with E-state index >= 15 is 0 Å². The summed E-state index contributed by atoms with van der Waals surface area (Å²) in [6.45, 7) is 2.19. The number of rotatable bonds is 3. The highest BCUT2D eigenvalue weighted by Crippen LogP contribution is 2.28. The van der Waals surface area contributed by atoms with Gasteiger partial charge in [-0.05, 0) is 43.5 Å². The summed E-state index contributed by atoms with van der Waals surface area (Å²) in [6, 6.07) is 5.21. The van der Waals surface area contributed by atoms with Crippen LogP contribution < -0.4 is 11.1 Å². The summed E-state index contributed by atoms with van der Waals surface area (Å²) in [4.78, 5) is 12.0. The van der Waals surface area contributed by atoms with Crippen molar-refractivity contribution < 1.29 is 9.90 Å². The van der Waals surface area contributed by atoms with Crippen LogP contribution in [-0.4, -0.2) is 23.2 Å². The summed E-state index contributed by atoms with van der Waals surface area (Å²) < 4.78 is 0. The molecule has 1 aliphatic rings. The summed E-state index contributed by atoms with van der Waals surface area (Å²) in [5.41, 5.74) is 7.06. The zero-order valence-electron chi connectivity index (χ0n) is 10.7. The highest BCUT2D eigenvalue weighted by Gasteiger charge is 2.31. The molecule has 4 N–H and O–H groups in total. The minimum Gasteiger partial charge on any atom is -0.399 e. The van der Waals surface area contributed by atoms with E-state index in [0.29, 0.717) is 17.8 Å². The normalized spacial score (nSPS) is 17.7. The van der Waals surface area contributed by atoms with Gasteiger partial charge >= 0.3 is 0 Å². The van der Waals surface area contributed by atoms with E-state index in [2.05, 4.69) is 5.32 Å². The lowest BCUT2D eigenvalue weighted by Crippen LogP contribution is -2.40. The van der Waals surface area contributed by atoms with E-state index < -0.39 is 5.60 Å². The lowest BCUT2D eigenvalue weighted by atomic mass is 10.0. The van der Waals surface area contributed by atoms with Crippen molar-refractivity contribution in [3.05, 3.63) is 29.3 Å². The number of amides is 1. The lowest BCUT2D eigenvalue weighted by Gasteiger charge is -2.22. The molecular formula is C14H20N2O2. The Labute approximate surface area is 107 Å². The predicted octanol–water partition coefficient (Wildman–Crippen LogP) is 1.61. The number of nitrogens with two attached hydrogens (primary N) is 1. The van der Waals surface area contributed by atoms with Crippen LogP contribution in [0.1, 0.15) is 41.6 Å². The molecule has 1 saturated carbocycles. The van der Waals surface area contributed by atoms with Crippen LogP contribution in [0.25, 0.3) is 0 Å². The molecule has 0 atom stereocenters. The second kappa shape index (κ2) is 4.98. The molecule has 4 heteroatoms. The molecule has 1 aliphatic carbocycles. The van der Waals surface area contributed by atoms with Crippen LogP contribution in [0.2, 0.25) is 0 Å². The van der Waals surface area contributed by atoms with Gasteiger partial charge in [-0.15, -0.1) is 0 Å². The van der Waals surface area contributed by atoms with Gasteiger partial charge in [-0.1, -0.05) is 12.8 Å². The van der Waals surface area contributed by atoms with E-state index in [4.69, 9.17) is 5.73 Å². The van der Waals surface area contributed by atoms with Crippen LogP contribution >= 0.6 is 0 Å². The molecule has 2 rings (SSSR count). The Hall–Kier alpha value is -1.55. The summed E-state index contributed by atoms with van der Waals surface area (Å²) in [5.74, 6) is -0.146. The zero-order chi connectivity index (χ0) is 13.2. The van der Waals surface area contributed by atoms with Gasteiger partial charge in [0.2, 0.25) is 0 Å².